The fraction of sp³-hybridized carbons (Fsp3) is 0.667. The molecule has 0 bridgehead atoms. The minimum Gasteiger partial charge on any atom is -0.424 e. The van der Waals surface area contributed by atoms with Gasteiger partial charge in [0.15, 0.2) is 0 Å². The minimum atomic E-state index is -3.06. The van der Waals surface area contributed by atoms with E-state index >= 15 is 0 Å². The van der Waals surface area contributed by atoms with E-state index in [1.165, 1.54) is 19.3 Å². The molecule has 1 unspecified atom stereocenters. The number of anilines is 1. The van der Waals surface area contributed by atoms with Gasteiger partial charge in [-0.3, -0.25) is 4.52 Å². The van der Waals surface area contributed by atoms with E-state index < -0.39 is 7.60 Å². The summed E-state index contributed by atoms with van der Waals surface area (Å²) >= 11 is 0. The molecular formula is C18H32NO3P. The van der Waals surface area contributed by atoms with Crippen molar-refractivity contribution >= 4 is 13.3 Å². The number of benzene rings is 1. The Balaban J connectivity index is 2.52. The fourth-order valence-corrected chi connectivity index (χ4v) is 4.07. The number of rotatable bonds is 13. The van der Waals surface area contributed by atoms with Crippen molar-refractivity contribution in [3.05, 3.63) is 24.3 Å². The standard InChI is InChI=1S/C18H32NO3P/c1-4-6-8-9-10-15-21-23(20,16-7-5-2)22-18-13-11-17(19-3)12-14-18/h11-14,19H,4-10,15-16H2,1-3H3. The van der Waals surface area contributed by atoms with Gasteiger partial charge in [-0.2, -0.15) is 0 Å². The Bertz CT molecular complexity index is 462. The molecule has 0 saturated heterocycles. The molecule has 0 aliphatic carbocycles. The Morgan fingerprint density at radius 3 is 2.22 bits per heavy atom. The Morgan fingerprint density at radius 1 is 0.957 bits per heavy atom. The van der Waals surface area contributed by atoms with Crippen LogP contribution in [-0.2, 0) is 9.09 Å². The van der Waals surface area contributed by atoms with Crippen molar-refractivity contribution in [1.82, 2.24) is 0 Å². The maximum absolute atomic E-state index is 12.9. The van der Waals surface area contributed by atoms with Crippen LogP contribution in [0.1, 0.15) is 58.8 Å². The van der Waals surface area contributed by atoms with Crippen molar-refractivity contribution in [2.45, 2.75) is 58.8 Å². The molecule has 1 aromatic carbocycles. The normalized spacial score (nSPS) is 13.5. The Labute approximate surface area is 141 Å². The lowest BCUT2D eigenvalue weighted by Crippen LogP contribution is -2.04. The molecule has 1 rings (SSSR count). The van der Waals surface area contributed by atoms with Gasteiger partial charge in [0.2, 0.25) is 0 Å². The van der Waals surface area contributed by atoms with Crippen LogP contribution in [0.4, 0.5) is 5.69 Å². The predicted molar refractivity (Wildman–Crippen MR) is 98.7 cm³/mol. The first-order valence-electron chi connectivity index (χ1n) is 8.84. The van der Waals surface area contributed by atoms with E-state index in [0.29, 0.717) is 18.5 Å². The molecular weight excluding hydrogens is 309 g/mol. The monoisotopic (exact) mass is 341 g/mol. The number of unbranched alkanes of at least 4 members (excludes halogenated alkanes) is 5. The average Bonchev–Trinajstić information content (AvgIpc) is 2.57. The second kappa shape index (κ2) is 11.5. The van der Waals surface area contributed by atoms with Crippen molar-refractivity contribution in [3.63, 3.8) is 0 Å². The molecule has 0 aliphatic heterocycles. The topological polar surface area (TPSA) is 47.6 Å². The summed E-state index contributed by atoms with van der Waals surface area (Å²) in [7, 11) is -1.19. The maximum Gasteiger partial charge on any atom is 0.379 e. The first-order chi connectivity index (χ1) is 11.1. The summed E-state index contributed by atoms with van der Waals surface area (Å²) in [6.45, 7) is 4.79. The lowest BCUT2D eigenvalue weighted by atomic mass is 10.2. The predicted octanol–water partition coefficient (Wildman–Crippen LogP) is 6.09. The van der Waals surface area contributed by atoms with E-state index in [9.17, 15) is 4.57 Å². The molecule has 0 aliphatic rings. The first kappa shape index (κ1) is 20.1. The second-order valence-electron chi connectivity index (χ2n) is 5.80. The van der Waals surface area contributed by atoms with Gasteiger partial charge < -0.3 is 9.84 Å². The van der Waals surface area contributed by atoms with Crippen molar-refractivity contribution in [1.29, 1.82) is 0 Å². The molecule has 23 heavy (non-hydrogen) atoms. The lowest BCUT2D eigenvalue weighted by Gasteiger charge is -2.19. The summed E-state index contributed by atoms with van der Waals surface area (Å²) in [6.07, 6.45) is 8.06. The molecule has 0 amide bonds. The molecule has 0 aromatic heterocycles. The van der Waals surface area contributed by atoms with Gasteiger partial charge in [-0.1, -0.05) is 46.0 Å². The van der Waals surface area contributed by atoms with E-state index in [0.717, 1.165) is 31.4 Å². The van der Waals surface area contributed by atoms with Crippen LogP contribution in [0, 0.1) is 0 Å². The van der Waals surface area contributed by atoms with Crippen LogP contribution in [0.2, 0.25) is 0 Å². The van der Waals surface area contributed by atoms with Crippen molar-refractivity contribution in [2.75, 3.05) is 25.1 Å². The summed E-state index contributed by atoms with van der Waals surface area (Å²) in [4.78, 5) is 0. The molecule has 5 heteroatoms. The third-order valence-electron chi connectivity index (χ3n) is 3.71. The molecule has 0 radical (unpaired) electrons. The van der Waals surface area contributed by atoms with Crippen LogP contribution < -0.4 is 9.84 Å². The van der Waals surface area contributed by atoms with Crippen LogP contribution in [0.25, 0.3) is 0 Å². The minimum absolute atomic E-state index is 0.478. The van der Waals surface area contributed by atoms with E-state index in [1.54, 1.807) is 0 Å². The van der Waals surface area contributed by atoms with E-state index in [1.807, 2.05) is 31.3 Å². The van der Waals surface area contributed by atoms with Crippen LogP contribution >= 0.6 is 7.60 Å². The third kappa shape index (κ3) is 8.43. The van der Waals surface area contributed by atoms with Gasteiger partial charge in [0.05, 0.1) is 12.8 Å². The van der Waals surface area contributed by atoms with Gasteiger partial charge in [0.1, 0.15) is 5.75 Å². The van der Waals surface area contributed by atoms with Crippen molar-refractivity contribution in [3.8, 4) is 5.75 Å². The Morgan fingerprint density at radius 2 is 1.61 bits per heavy atom. The quantitative estimate of drug-likeness (QED) is 0.348. The zero-order valence-corrected chi connectivity index (χ0v) is 15.7. The molecule has 0 heterocycles. The molecule has 1 atom stereocenters. The highest BCUT2D eigenvalue weighted by molar-refractivity contribution is 7.54. The van der Waals surface area contributed by atoms with E-state index in [-0.39, 0.29) is 0 Å². The lowest BCUT2D eigenvalue weighted by molar-refractivity contribution is 0.257. The smallest absolute Gasteiger partial charge is 0.379 e. The molecule has 4 nitrogen and oxygen atoms in total. The highest BCUT2D eigenvalue weighted by Crippen LogP contribution is 2.49. The van der Waals surface area contributed by atoms with Crippen LogP contribution in [0.3, 0.4) is 0 Å². The van der Waals surface area contributed by atoms with E-state index in [4.69, 9.17) is 9.05 Å². The van der Waals surface area contributed by atoms with Crippen LogP contribution in [-0.4, -0.2) is 19.8 Å². The molecule has 0 saturated carbocycles. The molecule has 1 N–H and O–H groups in total. The summed E-state index contributed by atoms with van der Waals surface area (Å²) in [5.41, 5.74) is 0.998. The Hall–Kier alpha value is -0.990. The summed E-state index contributed by atoms with van der Waals surface area (Å²) < 4.78 is 24.4. The van der Waals surface area contributed by atoms with Crippen molar-refractivity contribution in [2.24, 2.45) is 0 Å². The largest absolute Gasteiger partial charge is 0.424 e. The van der Waals surface area contributed by atoms with Gasteiger partial charge in [-0.05, 0) is 37.1 Å². The number of nitrogens with one attached hydrogen (secondary N) is 1. The number of hydrogen-bond acceptors (Lipinski definition) is 4. The highest BCUT2D eigenvalue weighted by Gasteiger charge is 2.25. The van der Waals surface area contributed by atoms with Gasteiger partial charge in [0.25, 0.3) is 0 Å². The van der Waals surface area contributed by atoms with Crippen LogP contribution in [0.15, 0.2) is 24.3 Å². The fourth-order valence-electron chi connectivity index (χ4n) is 2.24. The molecule has 0 spiro atoms. The third-order valence-corrected chi connectivity index (χ3v) is 5.64. The number of hydrogen-bond donors (Lipinski definition) is 1. The molecule has 132 valence electrons. The SMILES string of the molecule is CCCCCCCOP(=O)(CCCC)Oc1ccc(NC)cc1. The summed E-state index contributed by atoms with van der Waals surface area (Å²) in [5, 5.41) is 3.05. The van der Waals surface area contributed by atoms with E-state index in [2.05, 4.69) is 19.2 Å². The second-order valence-corrected chi connectivity index (χ2v) is 7.91. The average molecular weight is 341 g/mol. The highest BCUT2D eigenvalue weighted by atomic mass is 31.2. The summed E-state index contributed by atoms with van der Waals surface area (Å²) in [6, 6.07) is 7.47. The maximum atomic E-state index is 12.9. The molecule has 0 fully saturated rings. The van der Waals surface area contributed by atoms with Gasteiger partial charge in [0, 0.05) is 12.7 Å². The summed E-state index contributed by atoms with van der Waals surface area (Å²) in [5.74, 6) is 0.606. The zero-order chi connectivity index (χ0) is 17.0. The molecule has 1 aromatic rings. The first-order valence-corrected chi connectivity index (χ1v) is 10.6. The van der Waals surface area contributed by atoms with Gasteiger partial charge in [-0.25, -0.2) is 4.57 Å². The zero-order valence-electron chi connectivity index (χ0n) is 14.8. The van der Waals surface area contributed by atoms with Gasteiger partial charge in [-0.15, -0.1) is 0 Å². The van der Waals surface area contributed by atoms with Gasteiger partial charge >= 0.3 is 7.60 Å². The Kier molecular flexibility index (Phi) is 10.1. The van der Waals surface area contributed by atoms with Crippen molar-refractivity contribution < 1.29 is 13.6 Å². The van der Waals surface area contributed by atoms with Crippen LogP contribution in [0.5, 0.6) is 5.75 Å².